The molecule has 1 rings (SSSR count). The average molecular weight is 125 g/mol. The normalized spacial score (nSPS) is 9.89. The lowest BCUT2D eigenvalue weighted by Gasteiger charge is -1.90. The molecule has 2 N–H and O–H groups in total. The fourth-order valence-electron chi connectivity index (χ4n) is 0.823. The summed E-state index contributed by atoms with van der Waals surface area (Å²) in [6.45, 7) is 2.12. The van der Waals surface area contributed by atoms with Gasteiger partial charge in [-0.25, -0.2) is 0 Å². The van der Waals surface area contributed by atoms with E-state index in [1.54, 1.807) is 6.26 Å². The Hall–Kier alpha value is -0.920. The molecule has 9 heavy (non-hydrogen) atoms. The first-order valence-electron chi connectivity index (χ1n) is 3.16. The first-order chi connectivity index (χ1) is 4.34. The SMILES string of the molecule is CCCc1ccoc1N. The van der Waals surface area contributed by atoms with E-state index >= 15 is 0 Å². The molecule has 0 bridgehead atoms. The monoisotopic (exact) mass is 125 g/mol. The van der Waals surface area contributed by atoms with E-state index in [1.807, 2.05) is 6.07 Å². The smallest absolute Gasteiger partial charge is 0.193 e. The number of aryl methyl sites for hydroxylation is 1. The van der Waals surface area contributed by atoms with E-state index in [-0.39, 0.29) is 0 Å². The first-order valence-corrected chi connectivity index (χ1v) is 3.16. The van der Waals surface area contributed by atoms with E-state index in [0.717, 1.165) is 18.4 Å². The molecule has 0 spiro atoms. The second-order valence-electron chi connectivity index (χ2n) is 2.06. The van der Waals surface area contributed by atoms with Crippen LogP contribution in [0, 0.1) is 0 Å². The zero-order chi connectivity index (χ0) is 6.69. The number of nitrogens with two attached hydrogens (primary N) is 1. The highest BCUT2D eigenvalue weighted by molar-refractivity contribution is 5.35. The molecule has 2 heteroatoms. The molecule has 1 aromatic rings. The number of hydrogen-bond donors (Lipinski definition) is 1. The molecular formula is C7H11NO. The maximum Gasteiger partial charge on any atom is 0.193 e. The van der Waals surface area contributed by atoms with E-state index in [4.69, 9.17) is 10.2 Å². The van der Waals surface area contributed by atoms with Crippen molar-refractivity contribution in [3.05, 3.63) is 17.9 Å². The number of hydrogen-bond acceptors (Lipinski definition) is 2. The highest BCUT2D eigenvalue weighted by atomic mass is 16.3. The van der Waals surface area contributed by atoms with Crippen molar-refractivity contribution in [1.82, 2.24) is 0 Å². The molecule has 0 aromatic carbocycles. The van der Waals surface area contributed by atoms with Gasteiger partial charge in [0, 0.05) is 5.56 Å². The predicted octanol–water partition coefficient (Wildman–Crippen LogP) is 1.81. The topological polar surface area (TPSA) is 39.2 Å². The molecule has 50 valence electrons. The van der Waals surface area contributed by atoms with Gasteiger partial charge < -0.3 is 10.2 Å². The first kappa shape index (κ1) is 6.20. The highest BCUT2D eigenvalue weighted by Gasteiger charge is 1.97. The molecule has 0 atom stereocenters. The Kier molecular flexibility index (Phi) is 1.78. The summed E-state index contributed by atoms with van der Waals surface area (Å²) in [7, 11) is 0. The largest absolute Gasteiger partial charge is 0.449 e. The summed E-state index contributed by atoms with van der Waals surface area (Å²) in [5.41, 5.74) is 6.58. The molecule has 1 aromatic heterocycles. The van der Waals surface area contributed by atoms with Crippen LogP contribution in [-0.2, 0) is 6.42 Å². The van der Waals surface area contributed by atoms with E-state index in [1.165, 1.54) is 0 Å². The Bertz CT molecular complexity index is 181. The highest BCUT2D eigenvalue weighted by Crippen LogP contribution is 2.13. The van der Waals surface area contributed by atoms with Crippen LogP contribution < -0.4 is 5.73 Å². The van der Waals surface area contributed by atoms with Gasteiger partial charge in [-0.1, -0.05) is 13.3 Å². The summed E-state index contributed by atoms with van der Waals surface area (Å²) < 4.78 is 4.89. The van der Waals surface area contributed by atoms with Crippen LogP contribution in [0.3, 0.4) is 0 Å². The molecule has 0 unspecified atom stereocenters. The molecule has 0 aliphatic rings. The summed E-state index contributed by atoms with van der Waals surface area (Å²) in [4.78, 5) is 0. The van der Waals surface area contributed by atoms with Gasteiger partial charge in [0.15, 0.2) is 5.88 Å². The van der Waals surface area contributed by atoms with Gasteiger partial charge in [0.1, 0.15) is 0 Å². The second kappa shape index (κ2) is 2.58. The number of rotatable bonds is 2. The second-order valence-corrected chi connectivity index (χ2v) is 2.06. The van der Waals surface area contributed by atoms with Gasteiger partial charge >= 0.3 is 0 Å². The maximum absolute atomic E-state index is 5.46. The van der Waals surface area contributed by atoms with Crippen molar-refractivity contribution >= 4 is 5.88 Å². The van der Waals surface area contributed by atoms with Crippen LogP contribution in [0.25, 0.3) is 0 Å². The lowest BCUT2D eigenvalue weighted by molar-refractivity contribution is 0.584. The molecule has 0 radical (unpaired) electrons. The number of anilines is 1. The Morgan fingerprint density at radius 1 is 1.67 bits per heavy atom. The van der Waals surface area contributed by atoms with Gasteiger partial charge in [-0.05, 0) is 12.5 Å². The Balaban J connectivity index is 2.69. The quantitative estimate of drug-likeness (QED) is 0.654. The molecule has 0 saturated heterocycles. The van der Waals surface area contributed by atoms with Crippen molar-refractivity contribution < 1.29 is 4.42 Å². The molecule has 0 saturated carbocycles. The van der Waals surface area contributed by atoms with Gasteiger partial charge in [-0.3, -0.25) is 0 Å². The van der Waals surface area contributed by atoms with Crippen molar-refractivity contribution in [2.24, 2.45) is 0 Å². The predicted molar refractivity (Wildman–Crippen MR) is 37.1 cm³/mol. The lowest BCUT2D eigenvalue weighted by Crippen LogP contribution is -1.87. The fraction of sp³-hybridized carbons (Fsp3) is 0.429. The zero-order valence-electron chi connectivity index (χ0n) is 5.55. The zero-order valence-corrected chi connectivity index (χ0v) is 5.55. The van der Waals surface area contributed by atoms with Crippen molar-refractivity contribution in [2.45, 2.75) is 19.8 Å². The van der Waals surface area contributed by atoms with Gasteiger partial charge in [0.25, 0.3) is 0 Å². The standard InChI is InChI=1S/C7H11NO/c1-2-3-6-4-5-9-7(6)8/h4-5H,2-3,8H2,1H3. The van der Waals surface area contributed by atoms with Crippen molar-refractivity contribution in [3.8, 4) is 0 Å². The minimum Gasteiger partial charge on any atom is -0.449 e. The molecule has 2 nitrogen and oxygen atoms in total. The Labute approximate surface area is 54.7 Å². The summed E-state index contributed by atoms with van der Waals surface area (Å²) in [5.74, 6) is 0.567. The minimum absolute atomic E-state index is 0.567. The van der Waals surface area contributed by atoms with Crippen molar-refractivity contribution in [3.63, 3.8) is 0 Å². The van der Waals surface area contributed by atoms with Crippen LogP contribution in [-0.4, -0.2) is 0 Å². The molecule has 0 aliphatic carbocycles. The minimum atomic E-state index is 0.567. The molecular weight excluding hydrogens is 114 g/mol. The van der Waals surface area contributed by atoms with Crippen LogP contribution >= 0.6 is 0 Å². The van der Waals surface area contributed by atoms with Crippen LogP contribution in [0.2, 0.25) is 0 Å². The third-order valence-electron chi connectivity index (χ3n) is 1.30. The van der Waals surface area contributed by atoms with E-state index in [9.17, 15) is 0 Å². The summed E-state index contributed by atoms with van der Waals surface area (Å²) in [6.07, 6.45) is 3.76. The molecule has 0 amide bonds. The lowest BCUT2D eigenvalue weighted by atomic mass is 10.2. The summed E-state index contributed by atoms with van der Waals surface area (Å²) >= 11 is 0. The van der Waals surface area contributed by atoms with Crippen LogP contribution in [0.4, 0.5) is 5.88 Å². The fourth-order valence-corrected chi connectivity index (χ4v) is 0.823. The summed E-state index contributed by atoms with van der Waals surface area (Å²) in [6, 6.07) is 1.92. The van der Waals surface area contributed by atoms with Crippen molar-refractivity contribution in [1.29, 1.82) is 0 Å². The Morgan fingerprint density at radius 3 is 2.89 bits per heavy atom. The van der Waals surface area contributed by atoms with Crippen molar-refractivity contribution in [2.75, 3.05) is 5.73 Å². The maximum atomic E-state index is 5.46. The van der Waals surface area contributed by atoms with Gasteiger partial charge in [0.05, 0.1) is 6.26 Å². The van der Waals surface area contributed by atoms with Crippen LogP contribution in [0.5, 0.6) is 0 Å². The van der Waals surface area contributed by atoms with Gasteiger partial charge in [-0.2, -0.15) is 0 Å². The molecule has 1 heterocycles. The number of furan rings is 1. The van der Waals surface area contributed by atoms with E-state index < -0.39 is 0 Å². The van der Waals surface area contributed by atoms with Crippen LogP contribution in [0.1, 0.15) is 18.9 Å². The van der Waals surface area contributed by atoms with E-state index in [2.05, 4.69) is 6.92 Å². The molecule has 0 aliphatic heterocycles. The third kappa shape index (κ3) is 1.25. The number of nitrogen functional groups attached to an aromatic ring is 1. The third-order valence-corrected chi connectivity index (χ3v) is 1.30. The van der Waals surface area contributed by atoms with E-state index in [0.29, 0.717) is 5.88 Å². The average Bonchev–Trinajstić information content (AvgIpc) is 2.18. The Morgan fingerprint density at radius 2 is 2.44 bits per heavy atom. The van der Waals surface area contributed by atoms with Crippen LogP contribution in [0.15, 0.2) is 16.7 Å². The van der Waals surface area contributed by atoms with Gasteiger partial charge in [0.2, 0.25) is 0 Å². The summed E-state index contributed by atoms with van der Waals surface area (Å²) in [5, 5.41) is 0. The van der Waals surface area contributed by atoms with Gasteiger partial charge in [-0.15, -0.1) is 0 Å². The molecule has 0 fully saturated rings.